The average molecular weight is 110 g/mol. The SMILES string of the molecule is OC(CF)CS. The highest BCUT2D eigenvalue weighted by Gasteiger charge is 1.94. The van der Waals surface area contributed by atoms with E-state index in [0.29, 0.717) is 0 Å². The normalized spacial score (nSPS) is 14.5. The Hall–Kier alpha value is 0.240. The van der Waals surface area contributed by atoms with Crippen molar-refractivity contribution in [1.29, 1.82) is 0 Å². The maximum absolute atomic E-state index is 11.1. The van der Waals surface area contributed by atoms with Gasteiger partial charge in [-0.1, -0.05) is 0 Å². The summed E-state index contributed by atoms with van der Waals surface area (Å²) in [7, 11) is 0. The molecule has 0 aliphatic rings. The Kier molecular flexibility index (Phi) is 3.57. The van der Waals surface area contributed by atoms with E-state index >= 15 is 0 Å². The molecule has 0 fully saturated rings. The minimum atomic E-state index is -0.867. The van der Waals surface area contributed by atoms with Crippen LogP contribution in [-0.4, -0.2) is 23.6 Å². The maximum Gasteiger partial charge on any atom is 0.116 e. The fourth-order valence-corrected chi connectivity index (χ4v) is 0.146. The van der Waals surface area contributed by atoms with Gasteiger partial charge >= 0.3 is 0 Å². The molecule has 0 rings (SSSR count). The molecule has 0 bridgehead atoms. The molecule has 0 aliphatic carbocycles. The van der Waals surface area contributed by atoms with E-state index in [0.717, 1.165) is 0 Å². The number of aliphatic hydroxyl groups is 1. The third kappa shape index (κ3) is 2.48. The largest absolute Gasteiger partial charge is 0.390 e. The number of hydrogen-bond acceptors (Lipinski definition) is 2. The highest BCUT2D eigenvalue weighted by Crippen LogP contribution is 1.84. The molecule has 0 aromatic heterocycles. The van der Waals surface area contributed by atoms with Crippen molar-refractivity contribution < 1.29 is 9.50 Å². The molecule has 1 N–H and O–H groups in total. The minimum absolute atomic E-state index is 0.205. The summed E-state index contributed by atoms with van der Waals surface area (Å²) in [6.07, 6.45) is -0.867. The van der Waals surface area contributed by atoms with Gasteiger partial charge in [-0.05, 0) is 0 Å². The first-order valence-corrected chi connectivity index (χ1v) is 2.29. The summed E-state index contributed by atoms with van der Waals surface area (Å²) >= 11 is 3.61. The lowest BCUT2D eigenvalue weighted by molar-refractivity contribution is 0.162. The second-order valence-corrected chi connectivity index (χ2v) is 1.36. The topological polar surface area (TPSA) is 20.2 Å². The third-order valence-corrected chi connectivity index (χ3v) is 0.810. The number of rotatable bonds is 2. The van der Waals surface area contributed by atoms with E-state index in [2.05, 4.69) is 12.6 Å². The Labute approximate surface area is 41.6 Å². The lowest BCUT2D eigenvalue weighted by atomic mass is 10.5. The average Bonchev–Trinajstić information content (AvgIpc) is 1.65. The van der Waals surface area contributed by atoms with Gasteiger partial charge in [0.2, 0.25) is 0 Å². The number of alkyl halides is 1. The number of thiol groups is 1. The number of halogens is 1. The maximum atomic E-state index is 11.1. The first kappa shape index (κ1) is 6.24. The first-order valence-electron chi connectivity index (χ1n) is 1.66. The van der Waals surface area contributed by atoms with Crippen molar-refractivity contribution in [3.8, 4) is 0 Å². The molecule has 0 saturated heterocycles. The molecule has 0 spiro atoms. The van der Waals surface area contributed by atoms with Crippen molar-refractivity contribution in [3.05, 3.63) is 0 Å². The van der Waals surface area contributed by atoms with Crippen LogP contribution in [0.3, 0.4) is 0 Å². The summed E-state index contributed by atoms with van der Waals surface area (Å²) in [5.74, 6) is 0.205. The van der Waals surface area contributed by atoms with Gasteiger partial charge in [-0.3, -0.25) is 0 Å². The zero-order valence-electron chi connectivity index (χ0n) is 3.26. The molecule has 0 saturated carbocycles. The van der Waals surface area contributed by atoms with Gasteiger partial charge in [0, 0.05) is 5.75 Å². The molecule has 6 heavy (non-hydrogen) atoms. The molecule has 0 aliphatic heterocycles. The van der Waals surface area contributed by atoms with Crippen LogP contribution in [0, 0.1) is 0 Å². The minimum Gasteiger partial charge on any atom is -0.390 e. The van der Waals surface area contributed by atoms with E-state index in [1.165, 1.54) is 0 Å². The molecule has 1 unspecified atom stereocenters. The van der Waals surface area contributed by atoms with Gasteiger partial charge < -0.3 is 5.11 Å². The van der Waals surface area contributed by atoms with Crippen molar-refractivity contribution in [2.75, 3.05) is 12.4 Å². The van der Waals surface area contributed by atoms with Gasteiger partial charge in [0.05, 0.1) is 6.10 Å². The lowest BCUT2D eigenvalue weighted by Gasteiger charge is -1.94. The Morgan fingerprint density at radius 3 is 2.33 bits per heavy atom. The fourth-order valence-electron chi connectivity index (χ4n) is 0.0488. The van der Waals surface area contributed by atoms with Crippen LogP contribution in [0.2, 0.25) is 0 Å². The summed E-state index contributed by atoms with van der Waals surface area (Å²) in [6.45, 7) is -0.691. The van der Waals surface area contributed by atoms with Crippen LogP contribution >= 0.6 is 12.6 Å². The van der Waals surface area contributed by atoms with Gasteiger partial charge in [-0.15, -0.1) is 0 Å². The Morgan fingerprint density at radius 1 is 1.83 bits per heavy atom. The van der Waals surface area contributed by atoms with Crippen LogP contribution in [-0.2, 0) is 0 Å². The van der Waals surface area contributed by atoms with Crippen molar-refractivity contribution in [2.24, 2.45) is 0 Å². The van der Waals surface area contributed by atoms with E-state index in [1.807, 2.05) is 0 Å². The van der Waals surface area contributed by atoms with Gasteiger partial charge in [0.1, 0.15) is 6.67 Å². The monoisotopic (exact) mass is 110 g/mol. The smallest absolute Gasteiger partial charge is 0.116 e. The Bertz CT molecular complexity index is 30.0. The van der Waals surface area contributed by atoms with Gasteiger partial charge in [-0.25, -0.2) is 4.39 Å². The fraction of sp³-hybridized carbons (Fsp3) is 1.00. The predicted molar refractivity (Wildman–Crippen MR) is 25.8 cm³/mol. The van der Waals surface area contributed by atoms with Crippen LogP contribution in [0.4, 0.5) is 4.39 Å². The van der Waals surface area contributed by atoms with Crippen molar-refractivity contribution in [2.45, 2.75) is 6.10 Å². The van der Waals surface area contributed by atoms with E-state index in [9.17, 15) is 4.39 Å². The zero-order valence-corrected chi connectivity index (χ0v) is 4.16. The van der Waals surface area contributed by atoms with Crippen LogP contribution in [0.1, 0.15) is 0 Å². The van der Waals surface area contributed by atoms with Crippen molar-refractivity contribution in [1.82, 2.24) is 0 Å². The highest BCUT2D eigenvalue weighted by atomic mass is 32.1. The highest BCUT2D eigenvalue weighted by molar-refractivity contribution is 7.80. The molecule has 1 nitrogen and oxygen atoms in total. The Balaban J connectivity index is 2.75. The summed E-state index contributed by atoms with van der Waals surface area (Å²) < 4.78 is 11.1. The van der Waals surface area contributed by atoms with Crippen LogP contribution in [0.15, 0.2) is 0 Å². The molecule has 0 radical (unpaired) electrons. The van der Waals surface area contributed by atoms with Crippen molar-refractivity contribution in [3.63, 3.8) is 0 Å². The molecular formula is C3H7FOS. The van der Waals surface area contributed by atoms with Crippen LogP contribution < -0.4 is 0 Å². The standard InChI is InChI=1S/C3H7FOS/c4-1-3(5)2-6/h3,5-6H,1-2H2. The Morgan fingerprint density at radius 2 is 2.33 bits per heavy atom. The second-order valence-electron chi connectivity index (χ2n) is 0.991. The van der Waals surface area contributed by atoms with E-state index in [-0.39, 0.29) is 5.75 Å². The van der Waals surface area contributed by atoms with E-state index < -0.39 is 12.8 Å². The number of aliphatic hydroxyl groups excluding tert-OH is 1. The summed E-state index contributed by atoms with van der Waals surface area (Å²) in [5, 5.41) is 8.22. The van der Waals surface area contributed by atoms with Gasteiger partial charge in [-0.2, -0.15) is 12.6 Å². The molecule has 0 heterocycles. The van der Waals surface area contributed by atoms with Gasteiger partial charge in [0.25, 0.3) is 0 Å². The summed E-state index contributed by atoms with van der Waals surface area (Å²) in [4.78, 5) is 0. The molecule has 0 aromatic carbocycles. The van der Waals surface area contributed by atoms with Crippen LogP contribution in [0.25, 0.3) is 0 Å². The molecule has 1 atom stereocenters. The molecule has 0 aromatic rings. The van der Waals surface area contributed by atoms with Crippen molar-refractivity contribution >= 4 is 12.6 Å². The summed E-state index contributed by atoms with van der Waals surface area (Å²) in [6, 6.07) is 0. The molecule has 0 amide bonds. The van der Waals surface area contributed by atoms with Gasteiger partial charge in [0.15, 0.2) is 0 Å². The van der Waals surface area contributed by atoms with Crippen LogP contribution in [0.5, 0.6) is 0 Å². The quantitative estimate of drug-likeness (QED) is 0.488. The molecular weight excluding hydrogens is 103 g/mol. The predicted octanol–water partition coefficient (Wildman–Crippen LogP) is 0.247. The molecule has 38 valence electrons. The second kappa shape index (κ2) is 3.43. The summed E-state index contributed by atoms with van der Waals surface area (Å²) in [5.41, 5.74) is 0. The lowest BCUT2D eigenvalue weighted by Crippen LogP contribution is -2.09. The van der Waals surface area contributed by atoms with E-state index in [4.69, 9.17) is 5.11 Å². The third-order valence-electron chi connectivity index (χ3n) is 0.389. The van der Waals surface area contributed by atoms with E-state index in [1.54, 1.807) is 0 Å². The first-order chi connectivity index (χ1) is 2.81. The molecule has 3 heteroatoms. The zero-order chi connectivity index (χ0) is 4.99. The number of hydrogen-bond donors (Lipinski definition) is 2.